The molecule has 4 atom stereocenters. The summed E-state index contributed by atoms with van der Waals surface area (Å²) in [6.07, 6.45) is 7.68. The summed E-state index contributed by atoms with van der Waals surface area (Å²) in [6, 6.07) is -2.92. The van der Waals surface area contributed by atoms with Gasteiger partial charge in [-0.3, -0.25) is 9.59 Å². The second kappa shape index (κ2) is 18.1. The van der Waals surface area contributed by atoms with Gasteiger partial charge in [0.2, 0.25) is 11.8 Å². The number of hydrogen-bond acceptors (Lipinski definition) is 6. The number of hydrogen-bond donors (Lipinski definition) is 4. The summed E-state index contributed by atoms with van der Waals surface area (Å²) in [4.78, 5) is 35.2. The maximum absolute atomic E-state index is 12.2. The van der Waals surface area contributed by atoms with Crippen LogP contribution in [0.4, 0.5) is 0 Å². The van der Waals surface area contributed by atoms with Crippen LogP contribution in [0.15, 0.2) is 0 Å². The zero-order valence-corrected chi connectivity index (χ0v) is 20.4. The van der Waals surface area contributed by atoms with Gasteiger partial charge in [0.25, 0.3) is 0 Å². The van der Waals surface area contributed by atoms with Crippen molar-refractivity contribution >= 4 is 17.8 Å². The van der Waals surface area contributed by atoms with Gasteiger partial charge in [-0.05, 0) is 20.3 Å². The molecule has 8 nitrogen and oxygen atoms in total. The van der Waals surface area contributed by atoms with Crippen LogP contribution >= 0.6 is 0 Å². The molecule has 0 aromatic rings. The largest absolute Gasteiger partial charge is 1.00 e. The van der Waals surface area contributed by atoms with Crippen molar-refractivity contribution in [2.24, 2.45) is 0 Å². The first-order chi connectivity index (χ1) is 13.2. The van der Waals surface area contributed by atoms with Gasteiger partial charge in [-0.2, -0.15) is 0 Å². The SMILES string of the molecule is CCCCCCCCCCCC(=O)N[C@H](C(=O)N[C@H](C(=O)[O-])[C@@H](C)O)[C@@H](C)O.[Na+]. The van der Waals surface area contributed by atoms with Crippen molar-refractivity contribution in [2.75, 3.05) is 0 Å². The van der Waals surface area contributed by atoms with Crippen LogP contribution in [0, 0.1) is 0 Å². The number of aliphatic hydroxyl groups excluding tert-OH is 2. The van der Waals surface area contributed by atoms with Gasteiger partial charge in [-0.1, -0.05) is 58.3 Å². The van der Waals surface area contributed by atoms with E-state index in [1.165, 1.54) is 46.0 Å². The van der Waals surface area contributed by atoms with Gasteiger partial charge in [0.15, 0.2) is 0 Å². The first-order valence-corrected chi connectivity index (χ1v) is 10.4. The monoisotopic (exact) mass is 424 g/mol. The molecule has 0 aliphatic rings. The molecular weight excluding hydrogens is 387 g/mol. The van der Waals surface area contributed by atoms with Crippen LogP contribution in [-0.2, 0) is 14.4 Å². The molecule has 0 saturated carbocycles. The van der Waals surface area contributed by atoms with E-state index in [1.807, 2.05) is 0 Å². The smallest absolute Gasteiger partial charge is 0.548 e. The van der Waals surface area contributed by atoms with E-state index in [0.717, 1.165) is 19.3 Å². The number of carbonyl (C=O) groups is 3. The van der Waals surface area contributed by atoms with Gasteiger partial charge >= 0.3 is 29.6 Å². The Morgan fingerprint density at radius 3 is 1.66 bits per heavy atom. The molecule has 0 spiro atoms. The Bertz CT molecular complexity index is 474. The molecule has 164 valence electrons. The van der Waals surface area contributed by atoms with Crippen LogP contribution in [0.1, 0.15) is 85.0 Å². The van der Waals surface area contributed by atoms with E-state index in [1.54, 1.807) is 0 Å². The zero-order valence-electron chi connectivity index (χ0n) is 18.4. The average Bonchev–Trinajstić information content (AvgIpc) is 2.61. The predicted octanol–water partition coefficient (Wildman–Crippen LogP) is -2.61. The number of carbonyl (C=O) groups excluding carboxylic acids is 3. The second-order valence-electron chi connectivity index (χ2n) is 7.41. The van der Waals surface area contributed by atoms with E-state index in [4.69, 9.17) is 0 Å². The van der Waals surface area contributed by atoms with Crippen molar-refractivity contribution in [3.8, 4) is 0 Å². The first kappa shape index (κ1) is 30.5. The summed E-state index contributed by atoms with van der Waals surface area (Å²) in [6.45, 7) is 4.70. The number of carboxylic acids is 1. The standard InChI is InChI=1S/C20H38N2O6.Na/c1-4-5-6-7-8-9-10-11-12-13-16(25)21-17(14(2)23)19(26)22-18(15(3)24)20(27)28;/h14-15,17-18,23-24H,4-13H2,1-3H3,(H,21,25)(H,22,26)(H,27,28);/q;+1/p-1/t14-,15-,17+,18+;/m1./s1. The molecule has 0 unspecified atom stereocenters. The molecule has 0 saturated heterocycles. The Hall–Kier alpha value is -0.670. The van der Waals surface area contributed by atoms with Crippen LogP contribution in [0.3, 0.4) is 0 Å². The van der Waals surface area contributed by atoms with Crippen molar-refractivity contribution in [1.82, 2.24) is 10.6 Å². The van der Waals surface area contributed by atoms with Crippen LogP contribution in [0.25, 0.3) is 0 Å². The van der Waals surface area contributed by atoms with Gasteiger partial charge < -0.3 is 30.7 Å². The quantitative estimate of drug-likeness (QED) is 0.158. The molecule has 29 heavy (non-hydrogen) atoms. The zero-order chi connectivity index (χ0) is 21.5. The molecule has 0 aromatic carbocycles. The fraction of sp³-hybridized carbons (Fsp3) is 0.850. The maximum atomic E-state index is 12.2. The number of amides is 2. The number of carboxylic acid groups (broad SMARTS) is 1. The molecule has 0 bridgehead atoms. The second-order valence-corrected chi connectivity index (χ2v) is 7.41. The van der Waals surface area contributed by atoms with E-state index in [9.17, 15) is 29.7 Å². The van der Waals surface area contributed by atoms with Crippen LogP contribution < -0.4 is 45.3 Å². The fourth-order valence-corrected chi connectivity index (χ4v) is 2.87. The predicted molar refractivity (Wildman–Crippen MR) is 104 cm³/mol. The van der Waals surface area contributed by atoms with Crippen LogP contribution in [0.2, 0.25) is 0 Å². The Kier molecular flexibility index (Phi) is 19.1. The van der Waals surface area contributed by atoms with Crippen LogP contribution in [0.5, 0.6) is 0 Å². The Labute approximate surface area is 196 Å². The number of nitrogens with one attached hydrogen (secondary N) is 2. The van der Waals surface area contributed by atoms with Crippen molar-refractivity contribution in [1.29, 1.82) is 0 Å². The minimum Gasteiger partial charge on any atom is -0.548 e. The van der Waals surface area contributed by atoms with Crippen molar-refractivity contribution in [3.63, 3.8) is 0 Å². The molecule has 0 rings (SSSR count). The molecule has 0 aliphatic carbocycles. The molecule has 0 aliphatic heterocycles. The van der Waals surface area contributed by atoms with Crippen molar-refractivity contribution < 1.29 is 59.3 Å². The summed E-state index contributed by atoms with van der Waals surface area (Å²) in [7, 11) is 0. The fourth-order valence-electron chi connectivity index (χ4n) is 2.87. The van der Waals surface area contributed by atoms with Crippen molar-refractivity contribution in [3.05, 3.63) is 0 Å². The van der Waals surface area contributed by atoms with Gasteiger partial charge in [0.05, 0.1) is 24.2 Å². The number of aliphatic carboxylic acids is 1. The topological polar surface area (TPSA) is 139 Å². The average molecular weight is 425 g/mol. The van der Waals surface area contributed by atoms with Gasteiger partial charge in [-0.25, -0.2) is 0 Å². The molecule has 0 aromatic heterocycles. The van der Waals surface area contributed by atoms with E-state index in [0.29, 0.717) is 6.42 Å². The Morgan fingerprint density at radius 2 is 1.24 bits per heavy atom. The molecule has 4 N–H and O–H groups in total. The normalized spacial score (nSPS) is 14.8. The Morgan fingerprint density at radius 1 is 0.793 bits per heavy atom. The molecule has 0 heterocycles. The third-order valence-corrected chi connectivity index (χ3v) is 4.62. The van der Waals surface area contributed by atoms with Crippen LogP contribution in [-0.4, -0.2) is 52.3 Å². The maximum Gasteiger partial charge on any atom is 1.00 e. The summed E-state index contributed by atoms with van der Waals surface area (Å²) in [5, 5.41) is 34.6. The molecule has 0 radical (unpaired) electrons. The third kappa shape index (κ3) is 14.9. The van der Waals surface area contributed by atoms with Gasteiger partial charge in [-0.15, -0.1) is 0 Å². The third-order valence-electron chi connectivity index (χ3n) is 4.62. The molecule has 2 amide bonds. The van der Waals surface area contributed by atoms with E-state index in [-0.39, 0.29) is 41.9 Å². The summed E-state index contributed by atoms with van der Waals surface area (Å²) in [5.74, 6) is -2.91. The van der Waals surface area contributed by atoms with E-state index < -0.39 is 36.2 Å². The van der Waals surface area contributed by atoms with Gasteiger partial charge in [0, 0.05) is 6.42 Å². The van der Waals surface area contributed by atoms with Gasteiger partial charge in [0.1, 0.15) is 6.04 Å². The number of rotatable bonds is 16. The molecule has 9 heteroatoms. The summed E-state index contributed by atoms with van der Waals surface area (Å²) >= 11 is 0. The Balaban J connectivity index is 0. The molecule has 0 fully saturated rings. The molecular formula is C20H37N2NaO6. The number of aliphatic hydroxyl groups is 2. The number of unbranched alkanes of at least 4 members (excludes halogenated alkanes) is 8. The first-order valence-electron chi connectivity index (χ1n) is 10.4. The van der Waals surface area contributed by atoms with E-state index >= 15 is 0 Å². The minimum absolute atomic E-state index is 0. The van der Waals surface area contributed by atoms with E-state index in [2.05, 4.69) is 17.6 Å². The minimum atomic E-state index is -1.64. The van der Waals surface area contributed by atoms with Crippen molar-refractivity contribution in [2.45, 2.75) is 109 Å². The summed E-state index contributed by atoms with van der Waals surface area (Å²) in [5.41, 5.74) is 0. The summed E-state index contributed by atoms with van der Waals surface area (Å²) < 4.78 is 0.